The van der Waals surface area contributed by atoms with Crippen molar-refractivity contribution in [3.63, 3.8) is 0 Å². The lowest BCUT2D eigenvalue weighted by Gasteiger charge is -2.09. The third-order valence-corrected chi connectivity index (χ3v) is 4.79. The number of anilines is 1. The van der Waals surface area contributed by atoms with Gasteiger partial charge in [-0.25, -0.2) is 4.98 Å². The number of pyridine rings is 1. The smallest absolute Gasteiger partial charge is 0.183 e. The molecule has 0 fully saturated rings. The van der Waals surface area contributed by atoms with Crippen molar-refractivity contribution < 1.29 is 4.74 Å². The second kappa shape index (κ2) is 7.04. The van der Waals surface area contributed by atoms with E-state index in [1.807, 2.05) is 25.4 Å². The minimum Gasteiger partial charge on any atom is -0.375 e. The van der Waals surface area contributed by atoms with Crippen molar-refractivity contribution in [2.24, 2.45) is 5.73 Å². The fraction of sp³-hybridized carbons (Fsp3) is 0.294. The zero-order valence-corrected chi connectivity index (χ0v) is 14.1. The molecular weight excluding hydrogens is 308 g/mol. The van der Waals surface area contributed by atoms with Crippen molar-refractivity contribution in [1.82, 2.24) is 9.97 Å². The maximum atomic E-state index is 5.56. The number of hydrogen-bond acceptors (Lipinski definition) is 6. The van der Waals surface area contributed by atoms with Crippen LogP contribution in [0.4, 0.5) is 5.13 Å². The number of rotatable bonds is 6. The van der Waals surface area contributed by atoms with E-state index < -0.39 is 0 Å². The molecule has 0 aliphatic heterocycles. The Labute approximate surface area is 139 Å². The fourth-order valence-corrected chi connectivity index (χ4v) is 3.48. The first-order chi connectivity index (χ1) is 11.2. The van der Waals surface area contributed by atoms with Crippen molar-refractivity contribution in [1.29, 1.82) is 0 Å². The SMILES string of the molecule is COC(C)c1nc(NCCN)sc1-c1ccc2cnccc2c1. The molecule has 1 atom stereocenters. The lowest BCUT2D eigenvalue weighted by Crippen LogP contribution is -2.12. The average molecular weight is 328 g/mol. The highest BCUT2D eigenvalue weighted by atomic mass is 32.1. The maximum Gasteiger partial charge on any atom is 0.183 e. The highest BCUT2D eigenvalue weighted by Gasteiger charge is 2.18. The van der Waals surface area contributed by atoms with Crippen LogP contribution < -0.4 is 11.1 Å². The van der Waals surface area contributed by atoms with Gasteiger partial charge in [0.05, 0.1) is 16.7 Å². The summed E-state index contributed by atoms with van der Waals surface area (Å²) in [6.07, 6.45) is 3.62. The van der Waals surface area contributed by atoms with Gasteiger partial charge < -0.3 is 15.8 Å². The molecule has 0 spiro atoms. The molecule has 0 aliphatic carbocycles. The zero-order chi connectivity index (χ0) is 16.2. The Hall–Kier alpha value is -2.02. The molecule has 1 unspecified atom stereocenters. The Morgan fingerprint density at radius 1 is 1.30 bits per heavy atom. The Morgan fingerprint density at radius 3 is 2.96 bits per heavy atom. The van der Waals surface area contributed by atoms with Crippen LogP contribution in [0.1, 0.15) is 18.7 Å². The van der Waals surface area contributed by atoms with Gasteiger partial charge in [0.1, 0.15) is 0 Å². The van der Waals surface area contributed by atoms with E-state index in [2.05, 4.69) is 33.5 Å². The predicted molar refractivity (Wildman–Crippen MR) is 95.8 cm³/mol. The molecule has 0 radical (unpaired) electrons. The van der Waals surface area contributed by atoms with E-state index in [1.54, 1.807) is 18.4 Å². The maximum absolute atomic E-state index is 5.56. The Morgan fingerprint density at radius 2 is 2.17 bits per heavy atom. The minimum absolute atomic E-state index is 0.0668. The van der Waals surface area contributed by atoms with E-state index in [4.69, 9.17) is 10.5 Å². The van der Waals surface area contributed by atoms with Gasteiger partial charge in [-0.15, -0.1) is 0 Å². The van der Waals surface area contributed by atoms with Crippen molar-refractivity contribution >= 4 is 27.2 Å². The number of ether oxygens (including phenoxy) is 1. The van der Waals surface area contributed by atoms with E-state index in [-0.39, 0.29) is 6.10 Å². The van der Waals surface area contributed by atoms with Gasteiger partial charge >= 0.3 is 0 Å². The topological polar surface area (TPSA) is 73.1 Å². The number of hydrogen-bond donors (Lipinski definition) is 2. The molecule has 0 amide bonds. The molecule has 0 saturated carbocycles. The molecule has 3 aromatic rings. The van der Waals surface area contributed by atoms with Crippen LogP contribution in [-0.2, 0) is 4.74 Å². The summed E-state index contributed by atoms with van der Waals surface area (Å²) in [5.74, 6) is 0. The Balaban J connectivity index is 2.06. The average Bonchev–Trinajstić information content (AvgIpc) is 3.03. The van der Waals surface area contributed by atoms with Gasteiger partial charge in [0.2, 0.25) is 0 Å². The molecule has 2 aromatic heterocycles. The molecule has 3 rings (SSSR count). The lowest BCUT2D eigenvalue weighted by molar-refractivity contribution is 0.117. The van der Waals surface area contributed by atoms with E-state index >= 15 is 0 Å². The van der Waals surface area contributed by atoms with Crippen molar-refractivity contribution in [3.05, 3.63) is 42.4 Å². The number of benzene rings is 1. The summed E-state index contributed by atoms with van der Waals surface area (Å²) in [7, 11) is 1.70. The normalized spacial score (nSPS) is 12.5. The van der Waals surface area contributed by atoms with E-state index in [0.717, 1.165) is 26.7 Å². The van der Waals surface area contributed by atoms with E-state index in [1.165, 1.54) is 5.39 Å². The molecule has 1 aromatic carbocycles. The summed E-state index contributed by atoms with van der Waals surface area (Å²) in [4.78, 5) is 9.97. The van der Waals surface area contributed by atoms with Crippen molar-refractivity contribution in [2.75, 3.05) is 25.5 Å². The highest BCUT2D eigenvalue weighted by Crippen LogP contribution is 2.38. The molecule has 2 heterocycles. The number of thiazole rings is 1. The summed E-state index contributed by atoms with van der Waals surface area (Å²) < 4.78 is 5.49. The second-order valence-electron chi connectivity index (χ2n) is 5.26. The number of aromatic nitrogens is 2. The molecule has 23 heavy (non-hydrogen) atoms. The van der Waals surface area contributed by atoms with Gasteiger partial charge in [-0.2, -0.15) is 0 Å². The second-order valence-corrected chi connectivity index (χ2v) is 6.26. The summed E-state index contributed by atoms with van der Waals surface area (Å²) in [5.41, 5.74) is 7.65. The number of nitrogens with zero attached hydrogens (tertiary/aromatic N) is 2. The van der Waals surface area contributed by atoms with Gasteiger partial charge in [-0.3, -0.25) is 4.98 Å². The summed E-state index contributed by atoms with van der Waals surface area (Å²) in [6.45, 7) is 3.29. The van der Waals surface area contributed by atoms with E-state index in [9.17, 15) is 0 Å². The largest absolute Gasteiger partial charge is 0.375 e. The third-order valence-electron chi connectivity index (χ3n) is 3.72. The molecule has 6 heteroatoms. The first-order valence-electron chi connectivity index (χ1n) is 7.54. The highest BCUT2D eigenvalue weighted by molar-refractivity contribution is 7.19. The first kappa shape index (κ1) is 15.9. The number of fused-ring (bicyclic) bond motifs is 1. The predicted octanol–water partition coefficient (Wildman–Crippen LogP) is 3.44. The molecule has 5 nitrogen and oxygen atoms in total. The van der Waals surface area contributed by atoms with E-state index in [0.29, 0.717) is 13.1 Å². The van der Waals surface area contributed by atoms with Crippen molar-refractivity contribution in [2.45, 2.75) is 13.0 Å². The number of nitrogens with two attached hydrogens (primary N) is 1. The van der Waals surface area contributed by atoms with Crippen LogP contribution in [-0.4, -0.2) is 30.2 Å². The summed E-state index contributed by atoms with van der Waals surface area (Å²) >= 11 is 1.63. The summed E-state index contributed by atoms with van der Waals surface area (Å²) in [5, 5.41) is 6.43. The van der Waals surface area contributed by atoms with Gasteiger partial charge in [0.15, 0.2) is 5.13 Å². The van der Waals surface area contributed by atoms with Gasteiger partial charge in [-0.1, -0.05) is 23.5 Å². The van der Waals surface area contributed by atoms with Crippen LogP contribution in [0.3, 0.4) is 0 Å². The molecule has 3 N–H and O–H groups in total. The molecule has 120 valence electrons. The van der Waals surface area contributed by atoms with Crippen LogP contribution in [0.2, 0.25) is 0 Å². The van der Waals surface area contributed by atoms with Crippen LogP contribution in [0, 0.1) is 0 Å². The lowest BCUT2D eigenvalue weighted by atomic mass is 10.1. The first-order valence-corrected chi connectivity index (χ1v) is 8.36. The fourth-order valence-electron chi connectivity index (χ4n) is 2.41. The molecule has 0 saturated heterocycles. The minimum atomic E-state index is -0.0668. The monoisotopic (exact) mass is 328 g/mol. The van der Waals surface area contributed by atoms with Gasteiger partial charge in [0.25, 0.3) is 0 Å². The van der Waals surface area contributed by atoms with Crippen LogP contribution >= 0.6 is 11.3 Å². The van der Waals surface area contributed by atoms with Crippen molar-refractivity contribution in [3.8, 4) is 10.4 Å². The number of nitrogens with one attached hydrogen (secondary N) is 1. The number of methoxy groups -OCH3 is 1. The van der Waals surface area contributed by atoms with Crippen LogP contribution in [0.15, 0.2) is 36.7 Å². The Kier molecular flexibility index (Phi) is 4.85. The molecule has 0 bridgehead atoms. The zero-order valence-electron chi connectivity index (χ0n) is 13.2. The quantitative estimate of drug-likeness (QED) is 0.725. The summed E-state index contributed by atoms with van der Waals surface area (Å²) in [6, 6.07) is 8.39. The molecular formula is C17H20N4OS. The van der Waals surface area contributed by atoms with Gasteiger partial charge in [-0.05, 0) is 30.0 Å². The van der Waals surface area contributed by atoms with Gasteiger partial charge in [0, 0.05) is 38.0 Å². The third kappa shape index (κ3) is 3.34. The molecule has 0 aliphatic rings. The Bertz CT molecular complexity index is 802. The van der Waals surface area contributed by atoms with Crippen LogP contribution in [0.5, 0.6) is 0 Å². The van der Waals surface area contributed by atoms with Crippen LogP contribution in [0.25, 0.3) is 21.2 Å². The standard InChI is InChI=1S/C17H20N4OS/c1-11(22-2)15-16(23-17(21-15)20-8-6-18)13-3-4-14-10-19-7-5-12(14)9-13/h3-5,7,9-11H,6,8,18H2,1-2H3,(H,20,21).